The molecule has 0 aliphatic carbocycles. The van der Waals surface area contributed by atoms with Gasteiger partial charge in [-0.15, -0.1) is 9.89 Å². The number of hydrogen-bond donors (Lipinski definition) is 3. The third kappa shape index (κ3) is 4.29. The number of carbonyl (C=O) groups is 1. The lowest BCUT2D eigenvalue weighted by Gasteiger charge is -2.12. The first-order valence-corrected chi connectivity index (χ1v) is 10.2. The monoisotopic (exact) mass is 432 g/mol. The summed E-state index contributed by atoms with van der Waals surface area (Å²) in [5, 5.41) is 10.8. The number of aryl methyl sites for hydroxylation is 1. The molecule has 0 bridgehead atoms. The Hall–Kier alpha value is -4.21. The molecule has 0 radical (unpaired) electrons. The average molecular weight is 432 g/mol. The minimum absolute atomic E-state index is 0.139. The molecule has 4 rings (SSSR count). The molecule has 10 nitrogen and oxygen atoms in total. The van der Waals surface area contributed by atoms with Gasteiger partial charge in [-0.2, -0.15) is 4.68 Å². The third-order valence-electron chi connectivity index (χ3n) is 4.98. The lowest BCUT2D eigenvalue weighted by atomic mass is 10.1. The van der Waals surface area contributed by atoms with Gasteiger partial charge in [0.25, 0.3) is 0 Å². The molecule has 0 aliphatic rings. The van der Waals surface area contributed by atoms with Crippen molar-refractivity contribution in [1.82, 2.24) is 29.9 Å². The Balaban J connectivity index is 1.64. The highest BCUT2D eigenvalue weighted by Crippen LogP contribution is 2.20. The fourth-order valence-corrected chi connectivity index (χ4v) is 3.37. The van der Waals surface area contributed by atoms with E-state index in [0.717, 1.165) is 17.5 Å². The number of anilines is 2. The van der Waals surface area contributed by atoms with Gasteiger partial charge in [-0.25, -0.2) is 9.97 Å². The Morgan fingerprint density at radius 2 is 1.91 bits per heavy atom. The molecular formula is C22H24N8O2. The number of hydrogen-bond acceptors (Lipinski definition) is 7. The molecule has 0 spiro atoms. The first-order valence-electron chi connectivity index (χ1n) is 10.2. The SMILES string of the molecule is CC(=O)NCc1cnc2c(c1)c(N)nn2-n1c(C)cnc(NCCc2ccccc2)c1=O. The number of pyridine rings is 1. The van der Waals surface area contributed by atoms with Crippen LogP contribution in [-0.4, -0.2) is 37.0 Å². The van der Waals surface area contributed by atoms with E-state index < -0.39 is 0 Å². The number of nitrogens with one attached hydrogen (secondary N) is 2. The van der Waals surface area contributed by atoms with E-state index in [1.165, 1.54) is 16.4 Å². The highest BCUT2D eigenvalue weighted by molar-refractivity contribution is 5.86. The van der Waals surface area contributed by atoms with Crippen LogP contribution >= 0.6 is 0 Å². The number of rotatable bonds is 7. The predicted octanol–water partition coefficient (Wildman–Crippen LogP) is 1.48. The second-order valence-corrected chi connectivity index (χ2v) is 7.43. The largest absolute Gasteiger partial charge is 0.382 e. The van der Waals surface area contributed by atoms with E-state index in [2.05, 4.69) is 25.7 Å². The van der Waals surface area contributed by atoms with E-state index in [4.69, 9.17) is 5.73 Å². The van der Waals surface area contributed by atoms with Crippen molar-refractivity contribution in [2.45, 2.75) is 26.8 Å². The number of nitrogens with two attached hydrogens (primary N) is 1. The molecule has 3 heterocycles. The minimum atomic E-state index is -0.355. The molecule has 0 aliphatic heterocycles. The van der Waals surface area contributed by atoms with Crippen LogP contribution in [0.15, 0.2) is 53.6 Å². The fraction of sp³-hybridized carbons (Fsp3) is 0.227. The topological polar surface area (TPSA) is 133 Å². The van der Waals surface area contributed by atoms with Crippen LogP contribution in [0.5, 0.6) is 0 Å². The first-order chi connectivity index (χ1) is 15.4. The molecule has 0 saturated heterocycles. The van der Waals surface area contributed by atoms with E-state index in [0.29, 0.717) is 29.8 Å². The molecule has 4 aromatic rings. The average Bonchev–Trinajstić information content (AvgIpc) is 3.10. The van der Waals surface area contributed by atoms with Crippen molar-refractivity contribution in [2.75, 3.05) is 17.6 Å². The minimum Gasteiger partial charge on any atom is -0.382 e. The Labute approximate surface area is 184 Å². The molecule has 10 heteroatoms. The summed E-state index contributed by atoms with van der Waals surface area (Å²) in [5.41, 5.74) is 8.72. The van der Waals surface area contributed by atoms with Crippen molar-refractivity contribution in [3.63, 3.8) is 0 Å². The maximum atomic E-state index is 13.2. The molecule has 0 saturated carbocycles. The van der Waals surface area contributed by atoms with Crippen molar-refractivity contribution < 1.29 is 4.79 Å². The van der Waals surface area contributed by atoms with Crippen molar-refractivity contribution in [2.24, 2.45) is 0 Å². The molecule has 1 amide bonds. The maximum Gasteiger partial charge on any atom is 0.313 e. The summed E-state index contributed by atoms with van der Waals surface area (Å²) in [7, 11) is 0. The van der Waals surface area contributed by atoms with Crippen LogP contribution in [0.4, 0.5) is 11.6 Å². The van der Waals surface area contributed by atoms with Gasteiger partial charge in [0.05, 0.1) is 17.3 Å². The van der Waals surface area contributed by atoms with Gasteiger partial charge in [0, 0.05) is 26.2 Å². The second-order valence-electron chi connectivity index (χ2n) is 7.43. The van der Waals surface area contributed by atoms with Gasteiger partial charge in [-0.05, 0) is 30.5 Å². The Morgan fingerprint density at radius 1 is 1.12 bits per heavy atom. The molecule has 164 valence electrons. The van der Waals surface area contributed by atoms with Gasteiger partial charge in [-0.1, -0.05) is 30.3 Å². The standard InChI is InChI=1S/C22H24N8O2/c1-14-11-26-20(24-9-8-16-6-4-3-5-7-16)22(32)29(14)30-21-18(19(23)28-30)10-17(13-27-21)12-25-15(2)31/h3-7,10-11,13H,8-9,12H2,1-2H3,(H2,23,28)(H,24,26)(H,25,31). The number of nitrogen functional groups attached to an aromatic ring is 1. The van der Waals surface area contributed by atoms with Crippen LogP contribution in [0, 0.1) is 6.92 Å². The summed E-state index contributed by atoms with van der Waals surface area (Å²) < 4.78 is 1.39. The number of nitrogens with zero attached hydrogens (tertiary/aromatic N) is 5. The summed E-state index contributed by atoms with van der Waals surface area (Å²) in [6, 6.07) is 11.8. The van der Waals surface area contributed by atoms with E-state index in [1.54, 1.807) is 25.4 Å². The van der Waals surface area contributed by atoms with Gasteiger partial charge < -0.3 is 16.4 Å². The maximum absolute atomic E-state index is 13.2. The number of benzene rings is 1. The number of fused-ring (bicyclic) bond motifs is 1. The first kappa shape index (κ1) is 21.0. The van der Waals surface area contributed by atoms with E-state index in [1.807, 2.05) is 30.3 Å². The second kappa shape index (κ2) is 8.88. The van der Waals surface area contributed by atoms with Gasteiger partial charge in [0.15, 0.2) is 17.3 Å². The van der Waals surface area contributed by atoms with Crippen LogP contribution < -0.4 is 21.9 Å². The molecule has 3 aromatic heterocycles. The molecule has 0 unspecified atom stereocenters. The Kier molecular flexibility index (Phi) is 5.84. The molecule has 1 aromatic carbocycles. The van der Waals surface area contributed by atoms with Crippen LogP contribution in [0.2, 0.25) is 0 Å². The number of aromatic nitrogens is 5. The van der Waals surface area contributed by atoms with E-state index in [9.17, 15) is 9.59 Å². The molecule has 0 fully saturated rings. The molecule has 4 N–H and O–H groups in total. The van der Waals surface area contributed by atoms with Crippen LogP contribution in [0.1, 0.15) is 23.7 Å². The molecular weight excluding hydrogens is 408 g/mol. The van der Waals surface area contributed by atoms with Crippen LogP contribution in [0.3, 0.4) is 0 Å². The lowest BCUT2D eigenvalue weighted by Crippen LogP contribution is -2.32. The summed E-state index contributed by atoms with van der Waals surface area (Å²) in [5.74, 6) is 0.315. The normalized spacial score (nSPS) is 10.9. The lowest BCUT2D eigenvalue weighted by molar-refractivity contribution is -0.119. The van der Waals surface area contributed by atoms with Crippen molar-refractivity contribution in [1.29, 1.82) is 0 Å². The van der Waals surface area contributed by atoms with E-state index in [-0.39, 0.29) is 23.1 Å². The zero-order valence-corrected chi connectivity index (χ0v) is 17.9. The highest BCUT2D eigenvalue weighted by atomic mass is 16.1. The summed E-state index contributed by atoms with van der Waals surface area (Å²) in [6.45, 7) is 4.09. The van der Waals surface area contributed by atoms with Gasteiger partial charge in [0.2, 0.25) is 5.91 Å². The van der Waals surface area contributed by atoms with Gasteiger partial charge >= 0.3 is 5.56 Å². The van der Waals surface area contributed by atoms with Crippen LogP contribution in [-0.2, 0) is 17.8 Å². The van der Waals surface area contributed by atoms with Crippen molar-refractivity contribution >= 4 is 28.6 Å². The van der Waals surface area contributed by atoms with E-state index >= 15 is 0 Å². The van der Waals surface area contributed by atoms with Crippen molar-refractivity contribution in [3.8, 4) is 0 Å². The predicted molar refractivity (Wildman–Crippen MR) is 122 cm³/mol. The van der Waals surface area contributed by atoms with Crippen molar-refractivity contribution in [3.05, 3.63) is 76.0 Å². The zero-order valence-electron chi connectivity index (χ0n) is 17.9. The summed E-state index contributed by atoms with van der Waals surface area (Å²) in [6.07, 6.45) is 3.98. The summed E-state index contributed by atoms with van der Waals surface area (Å²) in [4.78, 5) is 34.4. The number of amides is 1. The third-order valence-corrected chi connectivity index (χ3v) is 4.98. The zero-order chi connectivity index (χ0) is 22.7. The highest BCUT2D eigenvalue weighted by Gasteiger charge is 2.16. The smallest absolute Gasteiger partial charge is 0.313 e. The quantitative estimate of drug-likeness (QED) is 0.403. The Morgan fingerprint density at radius 3 is 2.66 bits per heavy atom. The fourth-order valence-electron chi connectivity index (χ4n) is 3.37. The van der Waals surface area contributed by atoms with Crippen LogP contribution in [0.25, 0.3) is 11.0 Å². The molecule has 0 atom stereocenters. The molecule has 32 heavy (non-hydrogen) atoms. The van der Waals surface area contributed by atoms with Gasteiger partial charge in [0.1, 0.15) is 0 Å². The summed E-state index contributed by atoms with van der Waals surface area (Å²) >= 11 is 0. The Bertz CT molecular complexity index is 1330. The van der Waals surface area contributed by atoms with Gasteiger partial charge in [-0.3, -0.25) is 9.59 Å². The number of carbonyl (C=O) groups excluding carboxylic acids is 1.